The molecule has 0 aliphatic heterocycles. The number of carbonyl (C=O) groups excluding carboxylic acids is 3. The lowest BCUT2D eigenvalue weighted by atomic mass is 10.1. The van der Waals surface area contributed by atoms with Gasteiger partial charge in [0.15, 0.2) is 6.61 Å². The SMILES string of the molecule is CC[C@@H](C)NC(=O)NC(=O)COC(=O)CNS(=O)(=O)c1ccc(C)c(C)c1. The van der Waals surface area contributed by atoms with Gasteiger partial charge in [0.25, 0.3) is 5.91 Å². The highest BCUT2D eigenvalue weighted by Gasteiger charge is 2.18. The molecule has 1 atom stereocenters. The first kappa shape index (κ1) is 22.6. The van der Waals surface area contributed by atoms with Gasteiger partial charge in [-0.15, -0.1) is 0 Å². The van der Waals surface area contributed by atoms with Crippen molar-refractivity contribution in [2.45, 2.75) is 45.1 Å². The fourth-order valence-electron chi connectivity index (χ4n) is 1.84. The topological polar surface area (TPSA) is 131 Å². The Bertz CT molecular complexity index is 807. The van der Waals surface area contributed by atoms with Gasteiger partial charge in [-0.05, 0) is 50.5 Å². The van der Waals surface area contributed by atoms with Crippen LogP contribution in [0.1, 0.15) is 31.4 Å². The molecular formula is C17H25N3O6S. The van der Waals surface area contributed by atoms with Crippen molar-refractivity contribution in [2.24, 2.45) is 0 Å². The van der Waals surface area contributed by atoms with Gasteiger partial charge < -0.3 is 10.1 Å². The van der Waals surface area contributed by atoms with E-state index in [4.69, 9.17) is 0 Å². The number of imide groups is 1. The molecule has 0 spiro atoms. The first-order valence-corrected chi connectivity index (χ1v) is 9.86. The van der Waals surface area contributed by atoms with Crippen molar-refractivity contribution in [3.63, 3.8) is 0 Å². The molecule has 3 amide bonds. The van der Waals surface area contributed by atoms with Crippen LogP contribution >= 0.6 is 0 Å². The Morgan fingerprint density at radius 2 is 1.81 bits per heavy atom. The number of ether oxygens (including phenoxy) is 1. The van der Waals surface area contributed by atoms with E-state index >= 15 is 0 Å². The number of carbonyl (C=O) groups is 3. The standard InChI is InChI=1S/C17H25N3O6S/c1-5-13(4)19-17(23)20-15(21)10-26-16(22)9-18-27(24,25)14-7-6-11(2)12(3)8-14/h6-8,13,18H,5,9-10H2,1-4H3,(H2,19,20,21,23)/t13-/m1/s1. The summed E-state index contributed by atoms with van der Waals surface area (Å²) < 4.78 is 31.1. The lowest BCUT2D eigenvalue weighted by Crippen LogP contribution is -2.45. The van der Waals surface area contributed by atoms with Crippen molar-refractivity contribution >= 4 is 27.9 Å². The normalized spacial score (nSPS) is 12.1. The molecule has 1 aromatic rings. The average Bonchev–Trinajstić information content (AvgIpc) is 2.60. The summed E-state index contributed by atoms with van der Waals surface area (Å²) in [6.07, 6.45) is 0.692. The van der Waals surface area contributed by atoms with Gasteiger partial charge in [0, 0.05) is 6.04 Å². The summed E-state index contributed by atoms with van der Waals surface area (Å²) in [6, 6.07) is 3.78. The fourth-order valence-corrected chi connectivity index (χ4v) is 2.89. The minimum atomic E-state index is -3.88. The zero-order valence-corrected chi connectivity index (χ0v) is 16.6. The number of rotatable bonds is 8. The van der Waals surface area contributed by atoms with Crippen LogP contribution in [0, 0.1) is 13.8 Å². The van der Waals surface area contributed by atoms with Gasteiger partial charge in [-0.25, -0.2) is 13.2 Å². The van der Waals surface area contributed by atoms with E-state index in [9.17, 15) is 22.8 Å². The molecular weight excluding hydrogens is 374 g/mol. The van der Waals surface area contributed by atoms with Gasteiger partial charge in [-0.2, -0.15) is 4.72 Å². The number of esters is 1. The van der Waals surface area contributed by atoms with Crippen LogP contribution in [-0.4, -0.2) is 45.5 Å². The Morgan fingerprint density at radius 3 is 2.41 bits per heavy atom. The molecule has 27 heavy (non-hydrogen) atoms. The smallest absolute Gasteiger partial charge is 0.321 e. The van der Waals surface area contributed by atoms with Crippen LogP contribution in [0.15, 0.2) is 23.1 Å². The third-order valence-electron chi connectivity index (χ3n) is 3.80. The third-order valence-corrected chi connectivity index (χ3v) is 5.20. The van der Waals surface area contributed by atoms with Crippen LogP contribution in [0.2, 0.25) is 0 Å². The van der Waals surface area contributed by atoms with E-state index in [0.29, 0.717) is 6.42 Å². The summed E-state index contributed by atoms with van der Waals surface area (Å²) in [5.74, 6) is -1.76. The van der Waals surface area contributed by atoms with Crippen LogP contribution in [0.3, 0.4) is 0 Å². The molecule has 0 bridgehead atoms. The van der Waals surface area contributed by atoms with E-state index in [-0.39, 0.29) is 10.9 Å². The largest absolute Gasteiger partial charge is 0.455 e. The predicted octanol–water partition coefficient (Wildman–Crippen LogP) is 0.749. The molecule has 0 aromatic heterocycles. The number of urea groups is 1. The predicted molar refractivity (Wildman–Crippen MR) is 98.5 cm³/mol. The van der Waals surface area contributed by atoms with Gasteiger partial charge in [-0.1, -0.05) is 13.0 Å². The molecule has 0 saturated carbocycles. The fraction of sp³-hybridized carbons (Fsp3) is 0.471. The van der Waals surface area contributed by atoms with Crippen molar-refractivity contribution < 1.29 is 27.5 Å². The van der Waals surface area contributed by atoms with E-state index in [1.165, 1.54) is 12.1 Å². The molecule has 0 unspecified atom stereocenters. The number of benzene rings is 1. The van der Waals surface area contributed by atoms with Gasteiger partial charge in [-0.3, -0.25) is 14.9 Å². The molecule has 1 rings (SSSR count). The number of aryl methyl sites for hydroxylation is 2. The Balaban J connectivity index is 2.45. The van der Waals surface area contributed by atoms with Crippen molar-refractivity contribution in [2.75, 3.05) is 13.2 Å². The van der Waals surface area contributed by atoms with Crippen LogP contribution in [0.4, 0.5) is 4.79 Å². The summed E-state index contributed by atoms with van der Waals surface area (Å²) in [5, 5.41) is 4.52. The zero-order valence-electron chi connectivity index (χ0n) is 15.8. The molecule has 0 radical (unpaired) electrons. The molecule has 150 valence electrons. The molecule has 0 aliphatic rings. The van der Waals surface area contributed by atoms with Gasteiger partial charge in [0.1, 0.15) is 6.54 Å². The van der Waals surface area contributed by atoms with Crippen LogP contribution in [-0.2, 0) is 24.3 Å². The number of nitrogens with one attached hydrogen (secondary N) is 3. The molecule has 0 fully saturated rings. The number of hydrogen-bond donors (Lipinski definition) is 3. The van der Waals surface area contributed by atoms with Gasteiger partial charge >= 0.3 is 12.0 Å². The quantitative estimate of drug-likeness (QED) is 0.553. The van der Waals surface area contributed by atoms with Crippen molar-refractivity contribution in [1.82, 2.24) is 15.4 Å². The van der Waals surface area contributed by atoms with Gasteiger partial charge in [0.2, 0.25) is 10.0 Å². The summed E-state index contributed by atoms with van der Waals surface area (Å²) >= 11 is 0. The molecule has 0 heterocycles. The van der Waals surface area contributed by atoms with E-state index in [2.05, 4.69) is 14.8 Å². The second kappa shape index (κ2) is 10.0. The molecule has 0 aliphatic carbocycles. The van der Waals surface area contributed by atoms with Crippen LogP contribution in [0.5, 0.6) is 0 Å². The lowest BCUT2D eigenvalue weighted by molar-refractivity contribution is -0.147. The maximum Gasteiger partial charge on any atom is 0.321 e. The first-order chi connectivity index (χ1) is 12.5. The Morgan fingerprint density at radius 1 is 1.15 bits per heavy atom. The van der Waals surface area contributed by atoms with Crippen molar-refractivity contribution in [3.05, 3.63) is 29.3 Å². The van der Waals surface area contributed by atoms with E-state index in [1.807, 2.05) is 19.2 Å². The number of hydrogen-bond acceptors (Lipinski definition) is 6. The molecule has 9 nitrogen and oxygen atoms in total. The minimum Gasteiger partial charge on any atom is -0.455 e. The summed E-state index contributed by atoms with van der Waals surface area (Å²) in [5.41, 5.74) is 1.74. The van der Waals surface area contributed by atoms with E-state index in [0.717, 1.165) is 11.1 Å². The molecule has 1 aromatic carbocycles. The molecule has 3 N–H and O–H groups in total. The van der Waals surface area contributed by atoms with E-state index in [1.54, 1.807) is 19.9 Å². The number of amides is 3. The monoisotopic (exact) mass is 399 g/mol. The van der Waals surface area contributed by atoms with Crippen molar-refractivity contribution in [3.8, 4) is 0 Å². The maximum atomic E-state index is 12.2. The Hall–Kier alpha value is -2.46. The molecule has 10 heteroatoms. The highest BCUT2D eigenvalue weighted by Crippen LogP contribution is 2.14. The third kappa shape index (κ3) is 7.75. The number of sulfonamides is 1. The second-order valence-electron chi connectivity index (χ2n) is 6.06. The lowest BCUT2D eigenvalue weighted by Gasteiger charge is -2.12. The zero-order chi connectivity index (χ0) is 20.6. The van der Waals surface area contributed by atoms with Crippen LogP contribution in [0.25, 0.3) is 0 Å². The second-order valence-corrected chi connectivity index (χ2v) is 7.83. The Kier molecular flexibility index (Phi) is 8.38. The summed E-state index contributed by atoms with van der Waals surface area (Å²) in [7, 11) is -3.88. The molecule has 0 saturated heterocycles. The maximum absolute atomic E-state index is 12.2. The minimum absolute atomic E-state index is 0.0258. The summed E-state index contributed by atoms with van der Waals surface area (Å²) in [4.78, 5) is 34.6. The van der Waals surface area contributed by atoms with Crippen molar-refractivity contribution in [1.29, 1.82) is 0 Å². The van der Waals surface area contributed by atoms with Crippen LogP contribution < -0.4 is 15.4 Å². The summed E-state index contributed by atoms with van der Waals surface area (Å²) in [6.45, 7) is 5.93. The first-order valence-electron chi connectivity index (χ1n) is 8.38. The average molecular weight is 399 g/mol. The van der Waals surface area contributed by atoms with E-state index < -0.39 is 41.1 Å². The highest BCUT2D eigenvalue weighted by molar-refractivity contribution is 7.89. The van der Waals surface area contributed by atoms with Gasteiger partial charge in [0.05, 0.1) is 4.90 Å². The highest BCUT2D eigenvalue weighted by atomic mass is 32.2. The Labute approximate surface area is 158 Å².